The Hall–Kier alpha value is -2.94. The number of alkyl halides is 3. The van der Waals surface area contributed by atoms with E-state index in [1.807, 2.05) is 31.2 Å². The van der Waals surface area contributed by atoms with E-state index in [9.17, 15) is 23.1 Å². The lowest BCUT2D eigenvalue weighted by Gasteiger charge is -2.56. The first kappa shape index (κ1) is 26.1. The van der Waals surface area contributed by atoms with Gasteiger partial charge in [-0.25, -0.2) is 4.79 Å². The van der Waals surface area contributed by atoms with Gasteiger partial charge in [0.25, 0.3) is 0 Å². The summed E-state index contributed by atoms with van der Waals surface area (Å²) in [6.45, 7) is 9.51. The summed E-state index contributed by atoms with van der Waals surface area (Å²) in [7, 11) is 0. The summed E-state index contributed by atoms with van der Waals surface area (Å²) in [6.07, 6.45) is -3.09. The Morgan fingerprint density at radius 3 is 2.14 bits per heavy atom. The summed E-state index contributed by atoms with van der Waals surface area (Å²) in [5.41, 5.74) is -1.05. The van der Waals surface area contributed by atoms with Gasteiger partial charge in [-0.05, 0) is 69.0 Å². The van der Waals surface area contributed by atoms with Crippen molar-refractivity contribution in [3.8, 4) is 5.75 Å². The number of likely N-dealkylation sites (tertiary alicyclic amines) is 1. The summed E-state index contributed by atoms with van der Waals surface area (Å²) < 4.78 is 47.6. The van der Waals surface area contributed by atoms with Gasteiger partial charge < -0.3 is 24.4 Å². The number of anilines is 1. The van der Waals surface area contributed by atoms with Crippen LogP contribution in [-0.4, -0.2) is 54.2 Å². The third-order valence-electron chi connectivity index (χ3n) is 6.85. The van der Waals surface area contributed by atoms with Crippen molar-refractivity contribution in [1.29, 1.82) is 0 Å². The molecule has 2 fully saturated rings. The number of carbonyl (C=O) groups is 1. The SMILES string of the molecule is CC(C)(C)OC(=O)N1CC(C)([C@](O)(c2ccc(OC(F)(F)F)cc2)c2cccc(N3CCCC3)c2)C1. The largest absolute Gasteiger partial charge is 0.573 e. The van der Waals surface area contributed by atoms with Gasteiger partial charge in [-0.2, -0.15) is 0 Å². The predicted octanol–water partition coefficient (Wildman–Crippen LogP) is 5.68. The first-order valence-corrected chi connectivity index (χ1v) is 12.1. The topological polar surface area (TPSA) is 62.2 Å². The number of carbonyl (C=O) groups excluding carboxylic acids is 1. The van der Waals surface area contributed by atoms with Crippen LogP contribution in [0.4, 0.5) is 23.7 Å². The predicted molar refractivity (Wildman–Crippen MR) is 130 cm³/mol. The standard InChI is InChI=1S/C27H33F3N2O4/c1-24(2,3)36-23(33)32-17-25(4,18-32)26(34,19-10-12-22(13-11-19)35-27(28,29)30)20-8-7-9-21(16-20)31-14-5-6-15-31/h7-13,16,34H,5-6,14-15,17-18H2,1-4H3/t26-/m0/s1. The van der Waals surface area contributed by atoms with Gasteiger partial charge in [-0.15, -0.1) is 13.2 Å². The van der Waals surface area contributed by atoms with Crippen LogP contribution in [0.2, 0.25) is 0 Å². The number of aliphatic hydroxyl groups is 1. The van der Waals surface area contributed by atoms with Gasteiger partial charge in [-0.1, -0.05) is 31.2 Å². The zero-order chi connectivity index (χ0) is 26.4. The molecular formula is C27H33F3N2O4. The normalized spacial score (nSPS) is 19.4. The smallest absolute Gasteiger partial charge is 0.444 e. The number of nitrogens with zero attached hydrogens (tertiary/aromatic N) is 2. The highest BCUT2D eigenvalue weighted by Gasteiger charge is 2.58. The fourth-order valence-electron chi connectivity index (χ4n) is 5.14. The molecule has 6 nitrogen and oxygen atoms in total. The lowest BCUT2D eigenvalue weighted by molar-refractivity contribution is -0.274. The molecule has 2 heterocycles. The van der Waals surface area contributed by atoms with E-state index in [0.29, 0.717) is 11.1 Å². The van der Waals surface area contributed by atoms with Gasteiger partial charge in [0.05, 0.1) is 0 Å². The van der Waals surface area contributed by atoms with Crippen LogP contribution in [0.1, 0.15) is 51.7 Å². The van der Waals surface area contributed by atoms with Crippen LogP contribution in [0.25, 0.3) is 0 Å². The van der Waals surface area contributed by atoms with Crippen LogP contribution in [-0.2, 0) is 10.3 Å². The molecule has 2 saturated heterocycles. The van der Waals surface area contributed by atoms with Crippen molar-refractivity contribution in [2.24, 2.45) is 5.41 Å². The van der Waals surface area contributed by atoms with Crippen molar-refractivity contribution in [3.05, 3.63) is 59.7 Å². The fourth-order valence-corrected chi connectivity index (χ4v) is 5.14. The van der Waals surface area contributed by atoms with E-state index in [-0.39, 0.29) is 18.8 Å². The molecule has 196 valence electrons. The highest BCUT2D eigenvalue weighted by atomic mass is 19.4. The van der Waals surface area contributed by atoms with Crippen LogP contribution in [0, 0.1) is 5.41 Å². The number of rotatable bonds is 5. The third-order valence-corrected chi connectivity index (χ3v) is 6.85. The van der Waals surface area contributed by atoms with Crippen molar-refractivity contribution in [3.63, 3.8) is 0 Å². The van der Waals surface area contributed by atoms with E-state index in [1.165, 1.54) is 29.2 Å². The molecular weight excluding hydrogens is 473 g/mol. The number of halogens is 3. The quantitative estimate of drug-likeness (QED) is 0.566. The van der Waals surface area contributed by atoms with Gasteiger partial charge in [0, 0.05) is 37.3 Å². The monoisotopic (exact) mass is 506 g/mol. The van der Waals surface area contributed by atoms with Crippen molar-refractivity contribution in [2.45, 2.75) is 58.1 Å². The average molecular weight is 507 g/mol. The third kappa shape index (κ3) is 5.26. The van der Waals surface area contributed by atoms with E-state index >= 15 is 0 Å². The number of benzene rings is 2. The second kappa shape index (κ2) is 9.18. The Morgan fingerprint density at radius 1 is 0.972 bits per heavy atom. The van der Waals surface area contributed by atoms with E-state index in [4.69, 9.17) is 4.74 Å². The summed E-state index contributed by atoms with van der Waals surface area (Å²) in [5.74, 6) is -0.367. The van der Waals surface area contributed by atoms with Crippen molar-refractivity contribution >= 4 is 11.8 Å². The summed E-state index contributed by atoms with van der Waals surface area (Å²) in [6, 6.07) is 12.9. The zero-order valence-corrected chi connectivity index (χ0v) is 21.1. The number of ether oxygens (including phenoxy) is 2. The van der Waals surface area contributed by atoms with Crippen LogP contribution in [0.5, 0.6) is 5.75 Å². The van der Waals surface area contributed by atoms with E-state index < -0.39 is 29.1 Å². The lowest BCUT2D eigenvalue weighted by Crippen LogP contribution is -2.66. The average Bonchev–Trinajstić information content (AvgIpc) is 3.29. The number of hydrogen-bond donors (Lipinski definition) is 1. The lowest BCUT2D eigenvalue weighted by atomic mass is 9.62. The second-order valence-corrected chi connectivity index (χ2v) is 10.9. The molecule has 0 bridgehead atoms. The molecule has 1 amide bonds. The van der Waals surface area contributed by atoms with Gasteiger partial charge in [0.15, 0.2) is 0 Å². The Kier molecular flexibility index (Phi) is 6.66. The maximum Gasteiger partial charge on any atom is 0.573 e. The Labute approximate surface area is 209 Å². The second-order valence-electron chi connectivity index (χ2n) is 10.9. The van der Waals surface area contributed by atoms with Gasteiger partial charge >= 0.3 is 12.5 Å². The minimum Gasteiger partial charge on any atom is -0.444 e. The minimum absolute atomic E-state index is 0.215. The first-order valence-electron chi connectivity index (χ1n) is 12.1. The molecule has 1 N–H and O–H groups in total. The molecule has 2 aliphatic rings. The molecule has 4 rings (SSSR count). The first-order chi connectivity index (χ1) is 16.7. The molecule has 0 saturated carbocycles. The Balaban J connectivity index is 1.70. The number of hydrogen-bond acceptors (Lipinski definition) is 5. The van der Waals surface area contributed by atoms with Gasteiger partial charge in [0.1, 0.15) is 17.0 Å². The Morgan fingerprint density at radius 2 is 1.58 bits per heavy atom. The molecule has 36 heavy (non-hydrogen) atoms. The Bertz CT molecular complexity index is 1090. The summed E-state index contributed by atoms with van der Waals surface area (Å²) >= 11 is 0. The van der Waals surface area contributed by atoms with E-state index in [2.05, 4.69) is 9.64 Å². The highest BCUT2D eigenvalue weighted by Crippen LogP contribution is 2.51. The summed E-state index contributed by atoms with van der Waals surface area (Å²) in [4.78, 5) is 16.4. The maximum atomic E-state index is 12.7. The van der Waals surface area contributed by atoms with E-state index in [0.717, 1.165) is 31.6 Å². The molecule has 0 aromatic heterocycles. The molecule has 0 unspecified atom stereocenters. The highest BCUT2D eigenvalue weighted by molar-refractivity contribution is 5.70. The molecule has 0 radical (unpaired) electrons. The van der Waals surface area contributed by atoms with Crippen molar-refractivity contribution in [1.82, 2.24) is 4.90 Å². The van der Waals surface area contributed by atoms with Crippen LogP contribution in [0.15, 0.2) is 48.5 Å². The van der Waals surface area contributed by atoms with E-state index in [1.54, 1.807) is 20.8 Å². The fraction of sp³-hybridized carbons (Fsp3) is 0.519. The van der Waals surface area contributed by atoms with Crippen LogP contribution < -0.4 is 9.64 Å². The zero-order valence-electron chi connectivity index (χ0n) is 21.1. The van der Waals surface area contributed by atoms with Gasteiger partial charge in [-0.3, -0.25) is 0 Å². The molecule has 2 aromatic carbocycles. The molecule has 2 aliphatic heterocycles. The molecule has 9 heteroatoms. The van der Waals surface area contributed by atoms with Crippen LogP contribution >= 0.6 is 0 Å². The molecule has 2 aromatic rings. The molecule has 1 atom stereocenters. The maximum absolute atomic E-state index is 12.7. The van der Waals surface area contributed by atoms with Crippen LogP contribution in [0.3, 0.4) is 0 Å². The number of amides is 1. The minimum atomic E-state index is -4.81. The van der Waals surface area contributed by atoms with Crippen molar-refractivity contribution < 1.29 is 32.5 Å². The molecule has 0 spiro atoms. The van der Waals surface area contributed by atoms with Crippen molar-refractivity contribution in [2.75, 3.05) is 31.1 Å². The molecule has 0 aliphatic carbocycles. The summed E-state index contributed by atoms with van der Waals surface area (Å²) in [5, 5.41) is 12.4. The van der Waals surface area contributed by atoms with Gasteiger partial charge in [0.2, 0.25) is 0 Å².